The van der Waals surface area contributed by atoms with Gasteiger partial charge >= 0.3 is 12.1 Å². The number of amidine groups is 2. The number of amides is 8. The van der Waals surface area contributed by atoms with Crippen LogP contribution in [-0.2, 0) is 22.7 Å². The predicted octanol–water partition coefficient (Wildman–Crippen LogP) is 3.24. The Balaban J connectivity index is 0.000000165. The molecule has 6 aliphatic rings. The maximum Gasteiger partial charge on any atom is 0.323 e. The molecule has 13 rings (SSSR count). The summed E-state index contributed by atoms with van der Waals surface area (Å²) in [4.78, 5) is 115. The van der Waals surface area contributed by atoms with Gasteiger partial charge in [0, 0.05) is 137 Å². The molecule has 7 aromatic rings. The van der Waals surface area contributed by atoms with E-state index >= 15 is 0 Å². The van der Waals surface area contributed by atoms with Gasteiger partial charge in [0.2, 0.25) is 5.54 Å². The van der Waals surface area contributed by atoms with E-state index in [1.54, 1.807) is 112 Å². The van der Waals surface area contributed by atoms with Crippen LogP contribution in [0.15, 0.2) is 126 Å². The number of ether oxygens (including phenoxy) is 5. The van der Waals surface area contributed by atoms with Crippen LogP contribution in [0.4, 0.5) is 21.2 Å². The zero-order valence-corrected chi connectivity index (χ0v) is 60.1. The topological polar surface area (TPSA) is 404 Å². The molecule has 5 aromatic heterocycles. The molecule has 36 heteroatoms. The summed E-state index contributed by atoms with van der Waals surface area (Å²) < 4.78 is 27.8. The van der Waals surface area contributed by atoms with Crippen LogP contribution in [0.5, 0.6) is 28.7 Å². The first-order valence-corrected chi connectivity index (χ1v) is 33.3. The van der Waals surface area contributed by atoms with E-state index in [2.05, 4.69) is 144 Å². The number of carbonyl (C=O) groups excluding carboxylic acids is 6. The highest BCUT2D eigenvalue weighted by Gasteiger charge is 2.50. The first-order valence-electron chi connectivity index (χ1n) is 31.1. The molecule has 0 bridgehead atoms. The van der Waals surface area contributed by atoms with Crippen molar-refractivity contribution in [2.24, 2.45) is 15.5 Å². The number of hydrogen-bond acceptors (Lipinski definition) is 26. The summed E-state index contributed by atoms with van der Waals surface area (Å²) in [5.74, 6) is 11.3. The third-order valence-corrected chi connectivity index (χ3v) is 18.4. The summed E-state index contributed by atoms with van der Waals surface area (Å²) in [6.45, 7) is 5.63. The van der Waals surface area contributed by atoms with Gasteiger partial charge < -0.3 is 79.3 Å². The van der Waals surface area contributed by atoms with Crippen LogP contribution in [0.1, 0.15) is 54.2 Å². The van der Waals surface area contributed by atoms with Crippen LogP contribution >= 0.6 is 45.2 Å². The summed E-state index contributed by atoms with van der Waals surface area (Å²) in [7, 11) is 7.63. The van der Waals surface area contributed by atoms with Crippen LogP contribution in [0.3, 0.4) is 0 Å². The fourth-order valence-corrected chi connectivity index (χ4v) is 12.5. The minimum atomic E-state index is -1.73. The van der Waals surface area contributed by atoms with Crippen molar-refractivity contribution >= 4 is 110 Å². The van der Waals surface area contributed by atoms with Gasteiger partial charge in [0.05, 0.1) is 67.2 Å². The number of nitrogens with one attached hydrogen (secondary N) is 4. The summed E-state index contributed by atoms with van der Waals surface area (Å²) in [5.41, 5.74) is 1.40. The smallest absolute Gasteiger partial charge is 0.323 e. The molecule has 0 unspecified atom stereocenters. The van der Waals surface area contributed by atoms with Crippen molar-refractivity contribution in [1.29, 1.82) is 0 Å². The molecule has 103 heavy (non-hydrogen) atoms. The number of hydrogen-bond donors (Lipinski definition) is 7. The number of imide groups is 2. The maximum atomic E-state index is 13.2. The molecule has 4 fully saturated rings. The third-order valence-electron chi connectivity index (χ3n) is 16.7. The number of methoxy groups -OCH3 is 5. The molecule has 0 aliphatic carbocycles. The molecule has 0 saturated carbocycles. The number of aromatic nitrogens is 7. The number of terminal acetylenes is 1. The molecule has 8 amide bonds. The molecule has 4 saturated heterocycles. The largest absolute Gasteiger partial charge is 0.497 e. The van der Waals surface area contributed by atoms with Crippen molar-refractivity contribution in [2.45, 2.75) is 24.2 Å². The number of halogens is 2. The third kappa shape index (κ3) is 16.9. The highest BCUT2D eigenvalue weighted by atomic mass is 127. The van der Waals surface area contributed by atoms with E-state index in [1.807, 2.05) is 15.9 Å². The molecule has 34 nitrogen and oxygen atoms in total. The van der Waals surface area contributed by atoms with E-state index in [9.17, 15) is 39.2 Å². The molecular weight excluding hydrogens is 1560 g/mol. The van der Waals surface area contributed by atoms with Crippen molar-refractivity contribution in [3.8, 4) is 52.9 Å². The minimum absolute atomic E-state index is 0.0864. The first-order chi connectivity index (χ1) is 49.8. The molecule has 2 aromatic carbocycles. The summed E-state index contributed by atoms with van der Waals surface area (Å²) >= 11 is 4.17. The number of urea groups is 2. The van der Waals surface area contributed by atoms with Crippen LogP contribution in [-0.4, -0.2) is 236 Å². The van der Waals surface area contributed by atoms with Gasteiger partial charge in [-0.05, 0) is 105 Å². The predicted molar refractivity (Wildman–Crippen MR) is 385 cm³/mol. The number of fused-ring (bicyclic) bond motifs is 2. The lowest BCUT2D eigenvalue weighted by molar-refractivity contribution is -0.123. The van der Waals surface area contributed by atoms with Crippen molar-refractivity contribution in [3.63, 3.8) is 0 Å². The van der Waals surface area contributed by atoms with Gasteiger partial charge in [0.25, 0.3) is 23.6 Å². The maximum absolute atomic E-state index is 13.2. The summed E-state index contributed by atoms with van der Waals surface area (Å²) in [5, 5.41) is 46.9. The highest BCUT2D eigenvalue weighted by molar-refractivity contribution is 14.1. The Bertz CT molecular complexity index is 4550. The first kappa shape index (κ1) is 73.8. The van der Waals surface area contributed by atoms with E-state index in [1.165, 1.54) is 43.5 Å². The fourth-order valence-electron chi connectivity index (χ4n) is 11.5. The second-order valence-corrected chi connectivity index (χ2v) is 24.9. The lowest BCUT2D eigenvalue weighted by Gasteiger charge is -2.36. The molecule has 11 heterocycles. The van der Waals surface area contributed by atoms with Gasteiger partial charge in [-0.1, -0.05) is 39.4 Å². The summed E-state index contributed by atoms with van der Waals surface area (Å²) in [6, 6.07) is 14.2. The number of carbonyl (C=O) groups is 6. The van der Waals surface area contributed by atoms with E-state index in [-0.39, 0.29) is 42.9 Å². The van der Waals surface area contributed by atoms with Crippen molar-refractivity contribution in [3.05, 3.63) is 162 Å². The monoisotopic (exact) mass is 1630 g/mol. The lowest BCUT2D eigenvalue weighted by Crippen LogP contribution is -2.54. The number of anilines is 2. The fraction of sp³-hybridized carbons (Fsp3) is 0.284. The van der Waals surface area contributed by atoms with Gasteiger partial charge in [-0.2, -0.15) is 0 Å². The van der Waals surface area contributed by atoms with Crippen LogP contribution in [0.2, 0.25) is 0 Å². The Hall–Kier alpha value is -11.9. The van der Waals surface area contributed by atoms with Gasteiger partial charge in [0.15, 0.2) is 40.2 Å². The molecule has 0 spiro atoms. The molecule has 7 N–H and O–H groups in total. The van der Waals surface area contributed by atoms with Gasteiger partial charge in [-0.15, -0.1) is 6.42 Å². The standard InChI is InChI=1S/C30H29N9O6.C15H17IN6O2.C15H13N3O4.C7H7IN2O2/c1-44-21-4-3-19-17-39(27(40)22(19)14-21)18-30(28(41)34-29(42)35-30)6-5-23-24(45-2)13-20(15-33-23)26(36-43)38-11-9-37(10-12-38)25-16-31-7-8-32-25;1-24-12-8-11(9-19-14(12)16)15(20-23)22-6-4-21(5-7-22)13-10-17-2-3-18-13;1-3-15(13(20)16-14(21)17-15)8-18-7-9-4-5-10(22-2)6-11(9)12(18)19;1-12-6-2-5(4-10-11)3-9-7(6)8/h3-4,7-8,13-16,43H,9-12,17-18H2,1-2H3,(H2,34,35,41,42);2-3,8-10,23H,4-7H2,1H3;1,4-6H,7-8H2,2H3,(H2,16,17,20,21);2-4,11H,1H3/b36-26+;20-15+;;10-4-/t30-;;15-;/m1.1./s1. The van der Waals surface area contributed by atoms with Gasteiger partial charge in [0.1, 0.15) is 30.5 Å². The number of benzene rings is 2. The average Bonchev–Trinajstić information content (AvgIpc) is 1.63. The minimum Gasteiger partial charge on any atom is -0.497 e. The number of rotatable bonds is 14. The molecule has 6 aliphatic heterocycles. The van der Waals surface area contributed by atoms with E-state index < -0.39 is 35.0 Å². The van der Waals surface area contributed by atoms with Crippen LogP contribution < -0.4 is 54.8 Å². The Morgan fingerprint density at radius 3 is 1.45 bits per heavy atom. The number of oxime groups is 3. The SMILES string of the molecule is C#C[C@]1(CN2Cc3ccc(OC)cc3C2=O)NC(=O)NC1=O.COc1cc(/C(=N\O)N2CCN(c3cnccn3)CC2)cnc1I.COc1cc(/C=N\O)cnc1I.COc1ccc2c(c1)C(=O)N(C[C@@]1(C#Cc3ncc(/C(=N\O)N4CCN(c5cnccn5)CC4)cc3OC)NC(=O)NC1=O)C2. The number of pyridine rings is 3. The Morgan fingerprint density at radius 2 is 1.02 bits per heavy atom. The van der Waals surface area contributed by atoms with Gasteiger partial charge in [-0.3, -0.25) is 39.8 Å². The zero-order chi connectivity index (χ0) is 73.4. The average molecular weight is 1630 g/mol. The van der Waals surface area contributed by atoms with Crippen LogP contribution in [0, 0.1) is 31.6 Å². The highest BCUT2D eigenvalue weighted by Crippen LogP contribution is 2.32. The molecule has 2 atom stereocenters. The van der Waals surface area contributed by atoms with Crippen molar-refractivity contribution in [2.75, 3.05) is 111 Å². The van der Waals surface area contributed by atoms with E-state index in [0.29, 0.717) is 103 Å². The van der Waals surface area contributed by atoms with Crippen molar-refractivity contribution in [1.82, 2.24) is 75.8 Å². The second-order valence-electron chi connectivity index (χ2n) is 22.8. The van der Waals surface area contributed by atoms with E-state index in [0.717, 1.165) is 48.8 Å². The zero-order valence-electron chi connectivity index (χ0n) is 55.8. The quantitative estimate of drug-likeness (QED) is 0.0120. The van der Waals surface area contributed by atoms with E-state index in [4.69, 9.17) is 35.3 Å². The molecular formula is C67H66I2N20O14. The van der Waals surface area contributed by atoms with Crippen molar-refractivity contribution < 1.29 is 68.1 Å². The number of nitrogens with zero attached hydrogens (tertiary/aromatic N) is 16. The normalized spacial score (nSPS) is 18.2. The summed E-state index contributed by atoms with van der Waals surface area (Å²) in [6.07, 6.45) is 21.6. The Labute approximate surface area is 616 Å². The second kappa shape index (κ2) is 33.5. The Morgan fingerprint density at radius 1 is 0.563 bits per heavy atom. The number of piperazine rings is 2. The van der Waals surface area contributed by atoms with Crippen LogP contribution in [0.25, 0.3) is 0 Å². The molecule has 0 radical (unpaired) electrons. The lowest BCUT2D eigenvalue weighted by atomic mass is 9.99. The van der Waals surface area contributed by atoms with Gasteiger partial charge in [-0.25, -0.2) is 34.5 Å². The molecule has 532 valence electrons. The Kier molecular flexibility index (Phi) is 24.0.